The predicted molar refractivity (Wildman–Crippen MR) is 89.9 cm³/mol. The average molecular weight is 341 g/mol. The van der Waals surface area contributed by atoms with Gasteiger partial charge in [0, 0.05) is 39.4 Å². The average Bonchev–Trinajstić information content (AvgIpc) is 3.17. The maximum Gasteiger partial charge on any atom is 0.270 e. The largest absolute Gasteiger partial charge is 0.345 e. The van der Waals surface area contributed by atoms with Crippen LogP contribution in [0.15, 0.2) is 17.2 Å². The van der Waals surface area contributed by atoms with Crippen molar-refractivity contribution in [3.63, 3.8) is 0 Å². The fourth-order valence-corrected chi connectivity index (χ4v) is 4.47. The molecule has 23 heavy (non-hydrogen) atoms. The molecule has 0 aromatic carbocycles. The van der Waals surface area contributed by atoms with Crippen LogP contribution in [0, 0.1) is 0 Å². The van der Waals surface area contributed by atoms with Gasteiger partial charge in [-0.3, -0.25) is 4.79 Å². The normalized spacial score (nSPS) is 16.0. The van der Waals surface area contributed by atoms with E-state index in [-0.39, 0.29) is 10.8 Å². The molecular weight excluding hydrogens is 314 g/mol. The molecule has 1 aliphatic rings. The molecule has 1 amide bonds. The molecule has 0 unspecified atom stereocenters. The standard InChI is InChI=1S/C16H27N3O3S/c1-4-6-9-18(5-2)16(20)15-12-14(13-17(15)3)23(21,22)19-10-7-8-11-19/h12-13H,4-11H2,1-3H3. The molecule has 6 nitrogen and oxygen atoms in total. The van der Waals surface area contributed by atoms with Crippen LogP contribution in [0.3, 0.4) is 0 Å². The van der Waals surface area contributed by atoms with Crippen LogP contribution in [0.4, 0.5) is 0 Å². The molecule has 0 radical (unpaired) electrons. The number of aryl methyl sites for hydroxylation is 1. The zero-order valence-corrected chi connectivity index (χ0v) is 15.1. The number of sulfonamides is 1. The van der Waals surface area contributed by atoms with Gasteiger partial charge in [0.15, 0.2) is 0 Å². The van der Waals surface area contributed by atoms with Crippen LogP contribution in [-0.4, -0.2) is 54.3 Å². The smallest absolute Gasteiger partial charge is 0.270 e. The lowest BCUT2D eigenvalue weighted by atomic mass is 10.3. The molecule has 1 aromatic heterocycles. The summed E-state index contributed by atoms with van der Waals surface area (Å²) >= 11 is 0. The molecule has 7 heteroatoms. The van der Waals surface area contributed by atoms with E-state index in [0.717, 1.165) is 25.7 Å². The molecule has 1 saturated heterocycles. The Morgan fingerprint density at radius 2 is 1.91 bits per heavy atom. The van der Waals surface area contributed by atoms with Gasteiger partial charge in [-0.05, 0) is 32.3 Å². The second kappa shape index (κ2) is 7.49. The minimum absolute atomic E-state index is 0.105. The quantitative estimate of drug-likeness (QED) is 0.763. The molecule has 2 heterocycles. The summed E-state index contributed by atoms with van der Waals surface area (Å²) in [5.41, 5.74) is 0.431. The first-order valence-corrected chi connectivity index (χ1v) is 9.81. The van der Waals surface area contributed by atoms with Gasteiger partial charge in [-0.15, -0.1) is 0 Å². The molecule has 2 rings (SSSR count). The Bertz CT molecular complexity index is 646. The molecule has 130 valence electrons. The Hall–Kier alpha value is -1.34. The SMILES string of the molecule is CCCCN(CC)C(=O)c1cc(S(=O)(=O)N2CCCC2)cn1C. The van der Waals surface area contributed by atoms with Crippen LogP contribution >= 0.6 is 0 Å². The number of carbonyl (C=O) groups is 1. The Balaban J connectivity index is 2.25. The first-order valence-electron chi connectivity index (χ1n) is 8.37. The lowest BCUT2D eigenvalue weighted by Gasteiger charge is -2.20. The van der Waals surface area contributed by atoms with Gasteiger partial charge < -0.3 is 9.47 Å². The van der Waals surface area contributed by atoms with Crippen molar-refractivity contribution in [1.29, 1.82) is 0 Å². The Labute approximate surface area is 139 Å². The lowest BCUT2D eigenvalue weighted by Crippen LogP contribution is -2.32. The number of carbonyl (C=O) groups excluding carboxylic acids is 1. The predicted octanol–water partition coefficient (Wildman–Crippen LogP) is 2.07. The lowest BCUT2D eigenvalue weighted by molar-refractivity contribution is 0.0752. The summed E-state index contributed by atoms with van der Waals surface area (Å²) in [5, 5.41) is 0. The molecule has 0 saturated carbocycles. The first kappa shape index (κ1) is 18.0. The maximum absolute atomic E-state index is 12.7. The van der Waals surface area contributed by atoms with E-state index in [4.69, 9.17) is 0 Å². The van der Waals surface area contributed by atoms with Gasteiger partial charge in [0.2, 0.25) is 10.0 Å². The van der Waals surface area contributed by atoms with Gasteiger partial charge in [-0.2, -0.15) is 4.31 Å². The van der Waals surface area contributed by atoms with Crippen LogP contribution in [-0.2, 0) is 17.1 Å². The number of amides is 1. The molecule has 1 aromatic rings. The fraction of sp³-hybridized carbons (Fsp3) is 0.688. The van der Waals surface area contributed by atoms with Gasteiger partial charge in [0.05, 0.1) is 0 Å². The third-order valence-electron chi connectivity index (χ3n) is 4.35. The van der Waals surface area contributed by atoms with E-state index in [9.17, 15) is 13.2 Å². The van der Waals surface area contributed by atoms with Gasteiger partial charge in [-0.1, -0.05) is 13.3 Å². The van der Waals surface area contributed by atoms with Crippen molar-refractivity contribution < 1.29 is 13.2 Å². The van der Waals surface area contributed by atoms with Crippen molar-refractivity contribution in [2.24, 2.45) is 7.05 Å². The number of aromatic nitrogens is 1. The van der Waals surface area contributed by atoms with Crippen LogP contribution in [0.5, 0.6) is 0 Å². The van der Waals surface area contributed by atoms with Gasteiger partial charge in [-0.25, -0.2) is 8.42 Å². The molecule has 0 N–H and O–H groups in total. The molecular formula is C16H27N3O3S. The Morgan fingerprint density at radius 3 is 2.48 bits per heavy atom. The molecule has 0 aliphatic carbocycles. The van der Waals surface area contributed by atoms with Crippen LogP contribution in [0.25, 0.3) is 0 Å². The number of hydrogen-bond donors (Lipinski definition) is 0. The van der Waals surface area contributed by atoms with E-state index < -0.39 is 10.0 Å². The number of nitrogens with zero attached hydrogens (tertiary/aromatic N) is 3. The molecule has 1 fully saturated rings. The van der Waals surface area contributed by atoms with Crippen LogP contribution in [0.2, 0.25) is 0 Å². The maximum atomic E-state index is 12.7. The van der Waals surface area contributed by atoms with Crippen molar-refractivity contribution in [3.05, 3.63) is 18.0 Å². The summed E-state index contributed by atoms with van der Waals surface area (Å²) in [6.07, 6.45) is 5.32. The van der Waals surface area contributed by atoms with E-state index in [2.05, 4.69) is 6.92 Å². The van der Waals surface area contributed by atoms with E-state index in [1.165, 1.54) is 10.4 Å². The summed E-state index contributed by atoms with van der Waals surface area (Å²) in [6.45, 7) is 6.49. The highest BCUT2D eigenvalue weighted by Crippen LogP contribution is 2.23. The van der Waals surface area contributed by atoms with E-state index in [1.54, 1.807) is 22.7 Å². The van der Waals surface area contributed by atoms with Gasteiger partial charge in [0.25, 0.3) is 5.91 Å². The molecule has 0 spiro atoms. The molecule has 0 atom stereocenters. The Morgan fingerprint density at radius 1 is 1.26 bits per heavy atom. The first-order chi connectivity index (χ1) is 10.9. The highest BCUT2D eigenvalue weighted by Gasteiger charge is 2.30. The zero-order chi connectivity index (χ0) is 17.0. The second-order valence-electron chi connectivity index (χ2n) is 6.02. The van der Waals surface area contributed by atoms with Crippen molar-refractivity contribution in [2.45, 2.75) is 44.4 Å². The summed E-state index contributed by atoms with van der Waals surface area (Å²) in [4.78, 5) is 14.6. The van der Waals surface area contributed by atoms with E-state index in [0.29, 0.717) is 31.9 Å². The molecule has 0 bridgehead atoms. The highest BCUT2D eigenvalue weighted by molar-refractivity contribution is 7.89. The number of rotatable bonds is 7. The third kappa shape index (κ3) is 3.77. The van der Waals surface area contributed by atoms with Crippen molar-refractivity contribution in [3.8, 4) is 0 Å². The fourth-order valence-electron chi connectivity index (χ4n) is 2.88. The number of hydrogen-bond acceptors (Lipinski definition) is 3. The summed E-state index contributed by atoms with van der Waals surface area (Å²) in [5.74, 6) is -0.105. The monoisotopic (exact) mass is 341 g/mol. The topological polar surface area (TPSA) is 62.6 Å². The van der Waals surface area contributed by atoms with Crippen molar-refractivity contribution in [2.75, 3.05) is 26.2 Å². The minimum atomic E-state index is -3.48. The Kier molecular flexibility index (Phi) is 5.86. The van der Waals surface area contributed by atoms with Gasteiger partial charge in [0.1, 0.15) is 10.6 Å². The summed E-state index contributed by atoms with van der Waals surface area (Å²) in [7, 11) is -1.76. The van der Waals surface area contributed by atoms with Crippen LogP contribution < -0.4 is 0 Å². The van der Waals surface area contributed by atoms with Gasteiger partial charge >= 0.3 is 0 Å². The second-order valence-corrected chi connectivity index (χ2v) is 7.96. The van der Waals surface area contributed by atoms with Crippen molar-refractivity contribution >= 4 is 15.9 Å². The van der Waals surface area contributed by atoms with E-state index >= 15 is 0 Å². The van der Waals surface area contributed by atoms with E-state index in [1.807, 2.05) is 6.92 Å². The third-order valence-corrected chi connectivity index (χ3v) is 6.22. The summed E-state index contributed by atoms with van der Waals surface area (Å²) in [6, 6.07) is 1.52. The summed E-state index contributed by atoms with van der Waals surface area (Å²) < 4.78 is 28.4. The zero-order valence-electron chi connectivity index (χ0n) is 14.3. The van der Waals surface area contributed by atoms with Crippen molar-refractivity contribution in [1.82, 2.24) is 13.8 Å². The highest BCUT2D eigenvalue weighted by atomic mass is 32.2. The molecule has 1 aliphatic heterocycles. The minimum Gasteiger partial charge on any atom is -0.345 e. The van der Waals surface area contributed by atoms with Crippen LogP contribution in [0.1, 0.15) is 50.0 Å². The number of unbranched alkanes of at least 4 members (excludes halogenated alkanes) is 1.